The molecular weight excluding hydrogens is 321 g/mol. The summed E-state index contributed by atoms with van der Waals surface area (Å²) in [6.07, 6.45) is -2.95. The first-order valence-corrected chi connectivity index (χ1v) is 7.97. The smallest absolute Gasteiger partial charge is 0.377 e. The lowest BCUT2D eigenvalue weighted by Gasteiger charge is -2.65. The number of nitrogens with one attached hydrogen (secondary N) is 1. The third-order valence-electron chi connectivity index (χ3n) is 5.51. The standard InChI is InChI=1S/C17H21F3N2O2/c1-15(2)13-12(7-4-8-24-13)16(15,21)14(23)22-11-6-3-5-10(9-11)17(18,19)20/h3,5-6,9,12-13H,4,7-8,21H2,1-2H3,(H,22,23). The van der Waals surface area contributed by atoms with E-state index < -0.39 is 28.6 Å². The maximum absolute atomic E-state index is 12.8. The Labute approximate surface area is 138 Å². The SMILES string of the molecule is CC1(C)C2OCCCC2C1(N)C(=O)Nc1cccc(C(F)(F)F)c1. The van der Waals surface area contributed by atoms with Gasteiger partial charge in [0.25, 0.3) is 0 Å². The van der Waals surface area contributed by atoms with Crippen molar-refractivity contribution in [3.8, 4) is 0 Å². The fourth-order valence-electron chi connectivity index (χ4n) is 4.04. The molecule has 0 aromatic heterocycles. The first kappa shape index (κ1) is 17.2. The molecule has 1 aliphatic heterocycles. The predicted molar refractivity (Wildman–Crippen MR) is 83.2 cm³/mol. The van der Waals surface area contributed by atoms with Gasteiger partial charge >= 0.3 is 6.18 Å². The van der Waals surface area contributed by atoms with E-state index in [1.807, 2.05) is 13.8 Å². The molecule has 1 heterocycles. The van der Waals surface area contributed by atoms with Crippen molar-refractivity contribution in [2.75, 3.05) is 11.9 Å². The van der Waals surface area contributed by atoms with Crippen molar-refractivity contribution in [1.82, 2.24) is 0 Å². The van der Waals surface area contributed by atoms with Gasteiger partial charge in [-0.2, -0.15) is 13.2 Å². The molecule has 132 valence electrons. The first-order chi connectivity index (χ1) is 11.1. The lowest BCUT2D eigenvalue weighted by molar-refractivity contribution is -0.222. The van der Waals surface area contributed by atoms with E-state index in [1.54, 1.807) is 0 Å². The Morgan fingerprint density at radius 1 is 1.38 bits per heavy atom. The summed E-state index contributed by atoms with van der Waals surface area (Å²) in [5, 5.41) is 2.57. The maximum atomic E-state index is 12.8. The van der Waals surface area contributed by atoms with Gasteiger partial charge in [0.05, 0.1) is 11.7 Å². The number of nitrogens with two attached hydrogens (primary N) is 1. The molecule has 3 atom stereocenters. The van der Waals surface area contributed by atoms with Crippen molar-refractivity contribution in [2.45, 2.75) is 44.5 Å². The lowest BCUT2D eigenvalue weighted by atomic mass is 9.46. The zero-order valence-corrected chi connectivity index (χ0v) is 13.6. The molecule has 4 nitrogen and oxygen atoms in total. The Morgan fingerprint density at radius 2 is 2.08 bits per heavy atom. The van der Waals surface area contributed by atoms with E-state index in [4.69, 9.17) is 10.5 Å². The summed E-state index contributed by atoms with van der Waals surface area (Å²) in [5.41, 5.74) is 3.98. The Hall–Kier alpha value is -1.60. The van der Waals surface area contributed by atoms with E-state index in [0.29, 0.717) is 6.61 Å². The van der Waals surface area contributed by atoms with Gasteiger partial charge in [0.15, 0.2) is 0 Å². The number of alkyl halides is 3. The maximum Gasteiger partial charge on any atom is 0.416 e. The van der Waals surface area contributed by atoms with Crippen LogP contribution < -0.4 is 11.1 Å². The van der Waals surface area contributed by atoms with E-state index in [0.717, 1.165) is 25.0 Å². The van der Waals surface area contributed by atoms with Crippen molar-refractivity contribution in [3.63, 3.8) is 0 Å². The molecule has 2 aliphatic rings. The van der Waals surface area contributed by atoms with Gasteiger partial charge in [0.1, 0.15) is 5.54 Å². The van der Waals surface area contributed by atoms with Crippen molar-refractivity contribution < 1.29 is 22.7 Å². The van der Waals surface area contributed by atoms with Gasteiger partial charge in [-0.15, -0.1) is 0 Å². The molecule has 24 heavy (non-hydrogen) atoms. The van der Waals surface area contributed by atoms with E-state index in [2.05, 4.69) is 5.32 Å². The number of carbonyl (C=O) groups is 1. The third kappa shape index (κ3) is 2.41. The molecular formula is C17H21F3N2O2. The second-order valence-electron chi connectivity index (χ2n) is 7.16. The molecule has 0 radical (unpaired) electrons. The van der Waals surface area contributed by atoms with Crippen LogP contribution in [0.1, 0.15) is 32.3 Å². The number of amides is 1. The molecule has 1 aliphatic carbocycles. The predicted octanol–water partition coefficient (Wildman–Crippen LogP) is 3.18. The van der Waals surface area contributed by atoms with Gasteiger partial charge < -0.3 is 15.8 Å². The molecule has 1 saturated heterocycles. The molecule has 1 aromatic carbocycles. The molecule has 0 spiro atoms. The summed E-state index contributed by atoms with van der Waals surface area (Å²) < 4.78 is 44.2. The molecule has 3 N–H and O–H groups in total. The van der Waals surface area contributed by atoms with Crippen molar-refractivity contribution in [2.24, 2.45) is 17.1 Å². The Bertz CT molecular complexity index is 659. The van der Waals surface area contributed by atoms with Crippen molar-refractivity contribution >= 4 is 11.6 Å². The molecule has 2 fully saturated rings. The molecule has 0 bridgehead atoms. The van der Waals surface area contributed by atoms with Gasteiger partial charge in [0.2, 0.25) is 5.91 Å². The summed E-state index contributed by atoms with van der Waals surface area (Å²) >= 11 is 0. The second kappa shape index (κ2) is 5.46. The monoisotopic (exact) mass is 342 g/mol. The minimum absolute atomic E-state index is 0.0932. The molecule has 1 aromatic rings. The average molecular weight is 342 g/mol. The molecule has 1 saturated carbocycles. The van der Waals surface area contributed by atoms with Crippen molar-refractivity contribution in [1.29, 1.82) is 0 Å². The first-order valence-electron chi connectivity index (χ1n) is 7.97. The van der Waals surface area contributed by atoms with Crippen LogP contribution in [-0.4, -0.2) is 24.2 Å². The minimum Gasteiger partial charge on any atom is -0.377 e. The normalized spacial score (nSPS) is 31.8. The van der Waals surface area contributed by atoms with E-state index in [1.165, 1.54) is 12.1 Å². The molecule has 3 unspecified atom stereocenters. The van der Waals surface area contributed by atoms with E-state index in [9.17, 15) is 18.0 Å². The number of carbonyl (C=O) groups excluding carboxylic acids is 1. The van der Waals surface area contributed by atoms with Crippen LogP contribution in [0.5, 0.6) is 0 Å². The summed E-state index contributed by atoms with van der Waals surface area (Å²) in [4.78, 5) is 12.8. The van der Waals surface area contributed by atoms with Crippen LogP contribution in [-0.2, 0) is 15.7 Å². The van der Waals surface area contributed by atoms with Crippen LogP contribution in [0.4, 0.5) is 18.9 Å². The highest BCUT2D eigenvalue weighted by atomic mass is 19.4. The lowest BCUT2D eigenvalue weighted by Crippen LogP contribution is -2.81. The quantitative estimate of drug-likeness (QED) is 0.868. The Balaban J connectivity index is 1.82. The summed E-state index contributed by atoms with van der Waals surface area (Å²) in [7, 11) is 0. The topological polar surface area (TPSA) is 64.3 Å². The highest BCUT2D eigenvalue weighted by Gasteiger charge is 2.70. The zero-order chi connectivity index (χ0) is 17.8. The van der Waals surface area contributed by atoms with Gasteiger partial charge in [-0.1, -0.05) is 19.9 Å². The van der Waals surface area contributed by atoms with Crippen LogP contribution in [0.25, 0.3) is 0 Å². The number of ether oxygens (including phenoxy) is 1. The number of halogens is 3. The number of hydrogen-bond acceptors (Lipinski definition) is 3. The number of benzene rings is 1. The van der Waals surface area contributed by atoms with Crippen LogP contribution in [0.15, 0.2) is 24.3 Å². The number of hydrogen-bond donors (Lipinski definition) is 2. The van der Waals surface area contributed by atoms with E-state index >= 15 is 0 Å². The fourth-order valence-corrected chi connectivity index (χ4v) is 4.04. The van der Waals surface area contributed by atoms with Gasteiger partial charge in [-0.25, -0.2) is 0 Å². The largest absolute Gasteiger partial charge is 0.416 e. The Morgan fingerprint density at radius 3 is 2.75 bits per heavy atom. The van der Waals surface area contributed by atoms with Crippen molar-refractivity contribution in [3.05, 3.63) is 29.8 Å². The highest BCUT2D eigenvalue weighted by molar-refractivity contribution is 6.00. The average Bonchev–Trinajstić information content (AvgIpc) is 2.53. The summed E-state index contributed by atoms with van der Waals surface area (Å²) in [5.74, 6) is -0.578. The van der Waals surface area contributed by atoms with E-state index in [-0.39, 0.29) is 17.7 Å². The van der Waals surface area contributed by atoms with Gasteiger partial charge in [-0.3, -0.25) is 4.79 Å². The highest BCUT2D eigenvalue weighted by Crippen LogP contribution is 2.57. The fraction of sp³-hybridized carbons (Fsp3) is 0.588. The summed E-state index contributed by atoms with van der Waals surface area (Å²) in [6, 6.07) is 4.57. The molecule has 1 amide bonds. The second-order valence-corrected chi connectivity index (χ2v) is 7.16. The number of fused-ring (bicyclic) bond motifs is 1. The van der Waals surface area contributed by atoms with Crippen LogP contribution in [0, 0.1) is 11.3 Å². The summed E-state index contributed by atoms with van der Waals surface area (Å²) in [6.45, 7) is 4.38. The third-order valence-corrected chi connectivity index (χ3v) is 5.51. The minimum atomic E-state index is -4.46. The van der Waals surface area contributed by atoms with Crippen LogP contribution >= 0.6 is 0 Å². The van der Waals surface area contributed by atoms with Crippen LogP contribution in [0.2, 0.25) is 0 Å². The number of anilines is 1. The molecule has 7 heteroatoms. The number of rotatable bonds is 2. The zero-order valence-electron chi connectivity index (χ0n) is 13.6. The van der Waals surface area contributed by atoms with Gasteiger partial charge in [-0.05, 0) is 31.0 Å². The van der Waals surface area contributed by atoms with Gasteiger partial charge in [0, 0.05) is 23.6 Å². The van der Waals surface area contributed by atoms with Crippen LogP contribution in [0.3, 0.4) is 0 Å². The Kier molecular flexibility index (Phi) is 3.92. The molecule has 3 rings (SSSR count).